The molecule has 0 amide bonds. The first-order chi connectivity index (χ1) is 6.86. The molecule has 0 aliphatic carbocycles. The van der Waals surface area contributed by atoms with Gasteiger partial charge in [0.15, 0.2) is 0 Å². The summed E-state index contributed by atoms with van der Waals surface area (Å²) in [6.07, 6.45) is 0. The molecule has 0 fully saturated rings. The number of pyridine rings is 1. The quantitative estimate of drug-likeness (QED) is 0.568. The third-order valence-electron chi connectivity index (χ3n) is 2.27. The zero-order chi connectivity index (χ0) is 11.7. The Morgan fingerprint density at radius 3 is 2.40 bits per heavy atom. The lowest BCUT2D eigenvalue weighted by Gasteiger charge is -2.09. The molecule has 0 radical (unpaired) electrons. The SMILES string of the molecule is Cc1c([N+](=O)[O-])c(C(C)C)[nH]c(=O)c1N. The molecule has 0 aromatic carbocycles. The van der Waals surface area contributed by atoms with Crippen LogP contribution in [0, 0.1) is 17.0 Å². The zero-order valence-electron chi connectivity index (χ0n) is 8.83. The number of nitro groups is 1. The van der Waals surface area contributed by atoms with Crippen molar-refractivity contribution in [2.24, 2.45) is 0 Å². The van der Waals surface area contributed by atoms with Crippen molar-refractivity contribution in [3.63, 3.8) is 0 Å². The van der Waals surface area contributed by atoms with Crippen LogP contribution >= 0.6 is 0 Å². The smallest absolute Gasteiger partial charge is 0.293 e. The normalized spacial score (nSPS) is 10.7. The number of nitrogen functional groups attached to an aromatic ring is 1. The number of nitrogens with zero attached hydrogens (tertiary/aromatic N) is 1. The Balaban J connectivity index is 3.66. The van der Waals surface area contributed by atoms with Crippen molar-refractivity contribution in [3.05, 3.63) is 31.7 Å². The highest BCUT2D eigenvalue weighted by Crippen LogP contribution is 2.28. The minimum atomic E-state index is -0.517. The largest absolute Gasteiger partial charge is 0.394 e. The van der Waals surface area contributed by atoms with E-state index in [2.05, 4.69) is 4.98 Å². The van der Waals surface area contributed by atoms with E-state index in [0.717, 1.165) is 0 Å². The van der Waals surface area contributed by atoms with Gasteiger partial charge in [-0.15, -0.1) is 0 Å². The van der Waals surface area contributed by atoms with E-state index >= 15 is 0 Å². The van der Waals surface area contributed by atoms with E-state index in [1.165, 1.54) is 6.92 Å². The molecule has 3 N–H and O–H groups in total. The summed E-state index contributed by atoms with van der Waals surface area (Å²) in [5, 5.41) is 10.8. The van der Waals surface area contributed by atoms with Crippen molar-refractivity contribution < 1.29 is 4.92 Å². The van der Waals surface area contributed by atoms with Crippen molar-refractivity contribution >= 4 is 11.4 Å². The Morgan fingerprint density at radius 2 is 2.00 bits per heavy atom. The summed E-state index contributed by atoms with van der Waals surface area (Å²) >= 11 is 0. The van der Waals surface area contributed by atoms with Crippen molar-refractivity contribution in [3.8, 4) is 0 Å². The first kappa shape index (κ1) is 11.2. The number of rotatable bonds is 2. The highest BCUT2D eigenvalue weighted by atomic mass is 16.6. The number of nitrogens with two attached hydrogens (primary N) is 1. The molecule has 6 heteroatoms. The van der Waals surface area contributed by atoms with E-state index in [1.54, 1.807) is 13.8 Å². The topological polar surface area (TPSA) is 102 Å². The van der Waals surface area contributed by atoms with E-state index in [9.17, 15) is 14.9 Å². The van der Waals surface area contributed by atoms with Crippen LogP contribution in [0.15, 0.2) is 4.79 Å². The summed E-state index contributed by atoms with van der Waals surface area (Å²) in [5.41, 5.74) is 5.33. The van der Waals surface area contributed by atoms with Crippen molar-refractivity contribution in [2.75, 3.05) is 5.73 Å². The van der Waals surface area contributed by atoms with Crippen LogP contribution in [0.2, 0.25) is 0 Å². The minimum Gasteiger partial charge on any atom is -0.394 e. The predicted octanol–water partition coefficient (Wildman–Crippen LogP) is 1.30. The summed E-state index contributed by atoms with van der Waals surface area (Å²) in [7, 11) is 0. The molecular weight excluding hydrogens is 198 g/mol. The molecule has 82 valence electrons. The molecule has 1 aromatic rings. The van der Waals surface area contributed by atoms with Crippen LogP contribution in [0.3, 0.4) is 0 Å². The Bertz CT molecular complexity index is 462. The van der Waals surface area contributed by atoms with Gasteiger partial charge in [0, 0.05) is 5.92 Å². The van der Waals surface area contributed by atoms with Crippen molar-refractivity contribution in [2.45, 2.75) is 26.7 Å². The second-order valence-electron chi connectivity index (χ2n) is 3.67. The van der Waals surface area contributed by atoms with Gasteiger partial charge in [0.05, 0.1) is 16.2 Å². The minimum absolute atomic E-state index is 0.0916. The first-order valence-electron chi connectivity index (χ1n) is 4.52. The van der Waals surface area contributed by atoms with Crippen LogP contribution in [0.25, 0.3) is 0 Å². The fraction of sp³-hybridized carbons (Fsp3) is 0.444. The van der Waals surface area contributed by atoms with Gasteiger partial charge in [0.25, 0.3) is 11.2 Å². The van der Waals surface area contributed by atoms with Gasteiger partial charge in [0.1, 0.15) is 5.69 Å². The average Bonchev–Trinajstić information content (AvgIpc) is 2.12. The van der Waals surface area contributed by atoms with Crippen LogP contribution in [-0.2, 0) is 0 Å². The number of anilines is 1. The van der Waals surface area contributed by atoms with Crippen molar-refractivity contribution in [1.82, 2.24) is 4.98 Å². The molecule has 0 bridgehead atoms. The lowest BCUT2D eigenvalue weighted by molar-refractivity contribution is -0.386. The van der Waals surface area contributed by atoms with E-state index in [0.29, 0.717) is 5.69 Å². The van der Waals surface area contributed by atoms with Gasteiger partial charge in [0.2, 0.25) is 0 Å². The number of nitrogens with one attached hydrogen (secondary N) is 1. The standard InChI is InChI=1S/C9H13N3O3/c1-4(2)7-8(12(14)15)5(3)6(10)9(13)11-7/h4H,10H2,1-3H3,(H,11,13). The summed E-state index contributed by atoms with van der Waals surface area (Å²) in [5.74, 6) is -0.127. The summed E-state index contributed by atoms with van der Waals surface area (Å²) in [6, 6.07) is 0. The van der Waals surface area contributed by atoms with Crippen LogP contribution in [0.4, 0.5) is 11.4 Å². The monoisotopic (exact) mass is 211 g/mol. The number of hydrogen-bond donors (Lipinski definition) is 2. The third-order valence-corrected chi connectivity index (χ3v) is 2.27. The maximum atomic E-state index is 11.3. The van der Waals surface area contributed by atoms with E-state index < -0.39 is 10.5 Å². The second-order valence-corrected chi connectivity index (χ2v) is 3.67. The van der Waals surface area contributed by atoms with Gasteiger partial charge in [-0.2, -0.15) is 0 Å². The molecule has 0 spiro atoms. The zero-order valence-corrected chi connectivity index (χ0v) is 8.83. The Labute approximate surface area is 86.3 Å². The van der Waals surface area contributed by atoms with E-state index in [4.69, 9.17) is 5.73 Å². The Hall–Kier alpha value is -1.85. The highest BCUT2D eigenvalue weighted by molar-refractivity contribution is 5.58. The van der Waals surface area contributed by atoms with Gasteiger partial charge in [-0.25, -0.2) is 0 Å². The van der Waals surface area contributed by atoms with Crippen LogP contribution in [-0.4, -0.2) is 9.91 Å². The van der Waals surface area contributed by atoms with E-state index in [-0.39, 0.29) is 22.9 Å². The van der Waals surface area contributed by atoms with Crippen LogP contribution in [0.5, 0.6) is 0 Å². The van der Waals surface area contributed by atoms with Crippen LogP contribution < -0.4 is 11.3 Å². The molecule has 1 aromatic heterocycles. The second kappa shape index (κ2) is 3.72. The molecule has 15 heavy (non-hydrogen) atoms. The Morgan fingerprint density at radius 1 is 1.47 bits per heavy atom. The third kappa shape index (κ3) is 1.83. The predicted molar refractivity (Wildman–Crippen MR) is 57.0 cm³/mol. The molecule has 1 rings (SSSR count). The number of hydrogen-bond acceptors (Lipinski definition) is 4. The van der Waals surface area contributed by atoms with Gasteiger partial charge in [-0.3, -0.25) is 14.9 Å². The van der Waals surface area contributed by atoms with Gasteiger partial charge in [-0.1, -0.05) is 13.8 Å². The summed E-state index contributed by atoms with van der Waals surface area (Å²) in [6.45, 7) is 5.02. The maximum absolute atomic E-state index is 11.3. The number of aromatic amines is 1. The van der Waals surface area contributed by atoms with Gasteiger partial charge >= 0.3 is 0 Å². The molecule has 1 heterocycles. The van der Waals surface area contributed by atoms with Crippen molar-refractivity contribution in [1.29, 1.82) is 0 Å². The van der Waals surface area contributed by atoms with Gasteiger partial charge < -0.3 is 10.7 Å². The highest BCUT2D eigenvalue weighted by Gasteiger charge is 2.23. The van der Waals surface area contributed by atoms with E-state index in [1.807, 2.05) is 0 Å². The molecule has 0 aliphatic heterocycles. The molecular formula is C9H13N3O3. The fourth-order valence-electron chi connectivity index (χ4n) is 1.40. The summed E-state index contributed by atoms with van der Waals surface area (Å²) < 4.78 is 0. The molecule has 0 unspecified atom stereocenters. The average molecular weight is 211 g/mol. The lowest BCUT2D eigenvalue weighted by Crippen LogP contribution is -2.18. The van der Waals surface area contributed by atoms with Gasteiger partial charge in [-0.05, 0) is 6.92 Å². The maximum Gasteiger partial charge on any atom is 0.293 e. The first-order valence-corrected chi connectivity index (χ1v) is 4.52. The fourth-order valence-corrected chi connectivity index (χ4v) is 1.40. The lowest BCUT2D eigenvalue weighted by atomic mass is 10.0. The molecule has 0 saturated carbocycles. The molecule has 0 aliphatic rings. The molecule has 0 saturated heterocycles. The van der Waals surface area contributed by atoms with Crippen LogP contribution in [0.1, 0.15) is 31.0 Å². The summed E-state index contributed by atoms with van der Waals surface area (Å²) in [4.78, 5) is 24.1. The molecule has 0 atom stereocenters. The number of H-pyrrole nitrogens is 1. The number of aromatic nitrogens is 1. The molecule has 6 nitrogen and oxygen atoms in total. The Kier molecular flexibility index (Phi) is 2.78.